The van der Waals surface area contributed by atoms with Crippen LogP contribution in [-0.2, 0) is 38.5 Å². The number of benzene rings is 1. The van der Waals surface area contributed by atoms with Gasteiger partial charge in [-0.2, -0.15) is 5.10 Å². The van der Waals surface area contributed by atoms with E-state index in [1.54, 1.807) is 36.5 Å². The lowest BCUT2D eigenvalue weighted by Gasteiger charge is -2.32. The van der Waals surface area contributed by atoms with Gasteiger partial charge in [-0.05, 0) is 54.0 Å². The second-order valence-corrected chi connectivity index (χ2v) is 15.1. The van der Waals surface area contributed by atoms with Crippen LogP contribution >= 0.6 is 0 Å². The van der Waals surface area contributed by atoms with E-state index >= 15 is 0 Å². The molecule has 15 heteroatoms. The van der Waals surface area contributed by atoms with Gasteiger partial charge in [0.05, 0.1) is 18.3 Å². The van der Waals surface area contributed by atoms with Crippen LogP contribution in [0, 0.1) is 11.3 Å². The van der Waals surface area contributed by atoms with Crippen LogP contribution in [0.2, 0.25) is 0 Å². The number of hydrogen-bond acceptors (Lipinski definition) is 10. The van der Waals surface area contributed by atoms with Crippen LogP contribution < -0.4 is 11.1 Å². The molecule has 6 rings (SSSR count). The van der Waals surface area contributed by atoms with Gasteiger partial charge in [0.15, 0.2) is 5.78 Å². The zero-order chi connectivity index (χ0) is 38.7. The molecule has 1 aliphatic carbocycles. The number of amides is 2. The Morgan fingerprint density at radius 1 is 1.11 bits per heavy atom. The Morgan fingerprint density at radius 2 is 1.85 bits per heavy atom. The first-order chi connectivity index (χ1) is 25.7. The fraction of sp³-hybridized carbons (Fsp3) is 0.462. The van der Waals surface area contributed by atoms with Crippen LogP contribution in [0.1, 0.15) is 92.8 Å². The van der Waals surface area contributed by atoms with Crippen LogP contribution in [0.3, 0.4) is 0 Å². The number of nitrogens with zero attached hydrogens (tertiary/aromatic N) is 5. The van der Waals surface area contributed by atoms with Gasteiger partial charge >= 0.3 is 5.97 Å². The zero-order valence-electron chi connectivity index (χ0n) is 30.8. The summed E-state index contributed by atoms with van der Waals surface area (Å²) in [6.07, 6.45) is 4.94. The summed E-state index contributed by atoms with van der Waals surface area (Å²) in [6.45, 7) is 6.91. The summed E-state index contributed by atoms with van der Waals surface area (Å²) in [4.78, 5) is 61.6. The van der Waals surface area contributed by atoms with Crippen molar-refractivity contribution in [2.45, 2.75) is 97.4 Å². The largest absolute Gasteiger partial charge is 0.461 e. The number of Topliss-reactive ketones (excluding diaryl/α,β-unsaturated/α-hetero) is 1. The van der Waals surface area contributed by atoms with E-state index in [9.17, 15) is 28.0 Å². The van der Waals surface area contributed by atoms with Crippen LogP contribution in [0.5, 0.6) is 0 Å². The van der Waals surface area contributed by atoms with Crippen LogP contribution in [-0.4, -0.2) is 72.9 Å². The number of ketones is 1. The monoisotopic (exact) mass is 745 g/mol. The summed E-state index contributed by atoms with van der Waals surface area (Å²) in [7, 11) is 0. The van der Waals surface area contributed by atoms with Gasteiger partial charge in [-0.3, -0.25) is 24.2 Å². The Labute approximate surface area is 311 Å². The third-order valence-electron chi connectivity index (χ3n) is 9.79. The van der Waals surface area contributed by atoms with E-state index < -0.39 is 59.3 Å². The van der Waals surface area contributed by atoms with Crippen molar-refractivity contribution in [2.75, 3.05) is 6.54 Å². The minimum absolute atomic E-state index is 0.0183. The predicted octanol–water partition coefficient (Wildman–Crippen LogP) is 5.15. The van der Waals surface area contributed by atoms with Crippen molar-refractivity contribution >= 4 is 23.6 Å². The van der Waals surface area contributed by atoms with Gasteiger partial charge in [-0.25, -0.2) is 18.4 Å². The zero-order valence-corrected chi connectivity index (χ0v) is 30.8. The van der Waals surface area contributed by atoms with E-state index in [1.807, 2.05) is 26.8 Å². The van der Waals surface area contributed by atoms with Crippen molar-refractivity contribution in [3.8, 4) is 17.1 Å². The number of pyridine rings is 1. The maximum atomic E-state index is 14.1. The lowest BCUT2D eigenvalue weighted by atomic mass is 9.86. The molecule has 1 aromatic carbocycles. The van der Waals surface area contributed by atoms with Crippen molar-refractivity contribution in [3.05, 3.63) is 83.3 Å². The topological polar surface area (TPSA) is 176 Å². The number of halogens is 2. The number of aromatic nitrogens is 4. The van der Waals surface area contributed by atoms with Crippen molar-refractivity contribution in [2.24, 2.45) is 17.1 Å². The Balaban J connectivity index is 1.09. The van der Waals surface area contributed by atoms with Crippen LogP contribution in [0.4, 0.5) is 8.78 Å². The summed E-state index contributed by atoms with van der Waals surface area (Å²) in [5.41, 5.74) is 7.96. The van der Waals surface area contributed by atoms with Gasteiger partial charge in [0.2, 0.25) is 17.7 Å². The van der Waals surface area contributed by atoms with Crippen molar-refractivity contribution in [1.29, 1.82) is 0 Å². The number of nitrogens with one attached hydrogen (secondary N) is 1. The number of rotatable bonds is 14. The fourth-order valence-electron chi connectivity index (χ4n) is 6.41. The maximum Gasteiger partial charge on any atom is 0.302 e. The average Bonchev–Trinajstić information content (AvgIpc) is 3.47. The van der Waals surface area contributed by atoms with E-state index in [0.717, 1.165) is 24.5 Å². The molecule has 1 saturated heterocycles. The number of hydrogen-bond donors (Lipinski definition) is 2. The molecule has 2 amide bonds. The number of oxazole rings is 1. The third kappa shape index (κ3) is 9.24. The highest BCUT2D eigenvalue weighted by molar-refractivity contribution is 5.96. The molecule has 0 bridgehead atoms. The summed E-state index contributed by atoms with van der Waals surface area (Å²) in [5.74, 6) is -0.833. The fourth-order valence-corrected chi connectivity index (χ4v) is 6.41. The normalized spacial score (nSPS) is 17.8. The molecule has 54 heavy (non-hydrogen) atoms. The lowest BCUT2D eigenvalue weighted by Crippen LogP contribution is -2.54. The SMILES string of the molecule is CC(=O)O[C@@H]1C[C@@H](C(=O)NCc2ccc(-n3cc(CC(=O)c4coc(-c5ccnc(CCC6CC6)c5)n4)c(C(F)F)n3)cc2)N(C(=O)[C@@H](N)C(C)(C)C)C1. The first kappa shape index (κ1) is 38.4. The second kappa shape index (κ2) is 16.0. The first-order valence-corrected chi connectivity index (χ1v) is 18.1. The highest BCUT2D eigenvalue weighted by atomic mass is 19.3. The van der Waals surface area contributed by atoms with Gasteiger partial charge in [0.25, 0.3) is 6.43 Å². The molecule has 2 fully saturated rings. The van der Waals surface area contributed by atoms with Crippen molar-refractivity contribution < 1.29 is 37.1 Å². The summed E-state index contributed by atoms with van der Waals surface area (Å²) < 4.78 is 40.4. The standard InChI is InChI=1S/C39H45F2N7O6/c1-22(49)54-29-17-31(47(20-29)38(52)34(42)39(2,3)4)36(51)44-18-24-8-11-28(12-9-24)48-19-26(33(46-48)35(40)41)16-32(50)30-21-53-37(45-30)25-13-14-43-27(15-25)10-7-23-5-6-23/h8-9,11-15,19,21,23,29,31,34-35H,5-7,10,16-18,20,42H2,1-4H3,(H,44,51)/t29-,31+,34-/m1/s1. The number of carbonyl (C=O) groups excluding carboxylic acids is 4. The molecule has 4 aromatic rings. The molecule has 286 valence electrons. The smallest absolute Gasteiger partial charge is 0.302 e. The molecule has 13 nitrogen and oxygen atoms in total. The number of esters is 1. The minimum atomic E-state index is -2.93. The van der Waals surface area contributed by atoms with E-state index in [2.05, 4.69) is 20.4 Å². The molecule has 2 aliphatic rings. The molecule has 4 heterocycles. The van der Waals surface area contributed by atoms with E-state index in [-0.39, 0.29) is 43.1 Å². The molecule has 0 spiro atoms. The maximum absolute atomic E-state index is 14.1. The molecule has 3 atom stereocenters. The van der Waals surface area contributed by atoms with Gasteiger partial charge < -0.3 is 25.1 Å². The third-order valence-corrected chi connectivity index (χ3v) is 9.79. The molecule has 3 N–H and O–H groups in total. The number of likely N-dealkylation sites (tertiary alicyclic amines) is 1. The first-order valence-electron chi connectivity index (χ1n) is 18.1. The van der Waals surface area contributed by atoms with Gasteiger partial charge in [0.1, 0.15) is 29.8 Å². The number of alkyl halides is 2. The number of nitrogens with two attached hydrogens (primary N) is 1. The highest BCUT2D eigenvalue weighted by Gasteiger charge is 2.44. The van der Waals surface area contributed by atoms with Gasteiger partial charge in [-0.1, -0.05) is 45.7 Å². The molecule has 0 unspecified atom stereocenters. The number of ether oxygens (including phenoxy) is 1. The highest BCUT2D eigenvalue weighted by Crippen LogP contribution is 2.34. The van der Waals surface area contributed by atoms with Crippen molar-refractivity contribution in [3.63, 3.8) is 0 Å². The Hall–Kier alpha value is -5.31. The van der Waals surface area contributed by atoms with Crippen LogP contribution in [0.25, 0.3) is 17.1 Å². The quantitative estimate of drug-likeness (QED) is 0.130. The summed E-state index contributed by atoms with van der Waals surface area (Å²) in [5, 5.41) is 6.91. The number of carbonyl (C=O) groups is 4. The summed E-state index contributed by atoms with van der Waals surface area (Å²) >= 11 is 0. The second-order valence-electron chi connectivity index (χ2n) is 15.1. The predicted molar refractivity (Wildman–Crippen MR) is 192 cm³/mol. The molecule has 1 saturated carbocycles. The molecule has 1 aliphatic heterocycles. The van der Waals surface area contributed by atoms with E-state index in [0.29, 0.717) is 16.8 Å². The van der Waals surface area contributed by atoms with Gasteiger partial charge in [-0.15, -0.1) is 0 Å². The Kier molecular flexibility index (Phi) is 11.4. The van der Waals surface area contributed by atoms with E-state index in [1.165, 1.54) is 41.8 Å². The summed E-state index contributed by atoms with van der Waals surface area (Å²) in [6, 6.07) is 8.58. The molecular formula is C39H45F2N7O6. The number of aryl methyl sites for hydroxylation is 1. The van der Waals surface area contributed by atoms with Crippen LogP contribution in [0.15, 0.2) is 59.5 Å². The van der Waals surface area contributed by atoms with Crippen molar-refractivity contribution in [1.82, 2.24) is 30.0 Å². The molecule has 3 aromatic heterocycles. The Bertz CT molecular complexity index is 2000. The lowest BCUT2D eigenvalue weighted by molar-refractivity contribution is -0.147. The minimum Gasteiger partial charge on any atom is -0.461 e. The Morgan fingerprint density at radius 3 is 2.52 bits per heavy atom. The average molecular weight is 746 g/mol. The van der Waals surface area contributed by atoms with E-state index in [4.69, 9.17) is 14.9 Å². The molecule has 0 radical (unpaired) electrons. The molecular weight excluding hydrogens is 700 g/mol. The van der Waals surface area contributed by atoms with Gasteiger partial charge in [0, 0.05) is 55.5 Å².